The van der Waals surface area contributed by atoms with Crippen molar-refractivity contribution in [2.45, 2.75) is 11.8 Å². The molecule has 1 rings (SSSR count). The van der Waals surface area contributed by atoms with E-state index in [9.17, 15) is 4.21 Å². The molecule has 0 aliphatic heterocycles. The predicted molar refractivity (Wildman–Crippen MR) is 51.1 cm³/mol. The highest BCUT2D eigenvalue weighted by Crippen LogP contribution is 2.14. The lowest BCUT2D eigenvalue weighted by Crippen LogP contribution is -2.10. The summed E-state index contributed by atoms with van der Waals surface area (Å²) in [6.45, 7) is 1.89. The zero-order chi connectivity index (χ0) is 9.14. The number of nitrogens with one attached hydrogen (secondary N) is 1. The van der Waals surface area contributed by atoms with Gasteiger partial charge in [0, 0.05) is 5.69 Å². The van der Waals surface area contributed by atoms with E-state index in [1.807, 2.05) is 13.0 Å². The highest BCUT2D eigenvalue weighted by Gasteiger charge is 2.01. The van der Waals surface area contributed by atoms with Crippen LogP contribution in [0.4, 0.5) is 5.69 Å². The van der Waals surface area contributed by atoms with Crippen molar-refractivity contribution in [1.29, 1.82) is 0 Å². The molecular weight excluding hydrogens is 172 g/mol. The number of hydrogen-bond donors (Lipinski definition) is 2. The van der Waals surface area contributed by atoms with Crippen molar-refractivity contribution in [2.75, 3.05) is 12.8 Å². The van der Waals surface area contributed by atoms with Crippen LogP contribution < -0.4 is 10.5 Å². The first-order valence-electron chi connectivity index (χ1n) is 3.60. The van der Waals surface area contributed by atoms with Crippen LogP contribution in [0.3, 0.4) is 0 Å². The van der Waals surface area contributed by atoms with E-state index in [1.54, 1.807) is 19.2 Å². The second kappa shape index (κ2) is 3.69. The molecule has 3 N–H and O–H groups in total. The van der Waals surface area contributed by atoms with Gasteiger partial charge >= 0.3 is 0 Å². The van der Waals surface area contributed by atoms with E-state index in [0.29, 0.717) is 0 Å². The van der Waals surface area contributed by atoms with Crippen LogP contribution >= 0.6 is 0 Å². The van der Waals surface area contributed by atoms with Crippen molar-refractivity contribution < 1.29 is 4.21 Å². The van der Waals surface area contributed by atoms with Gasteiger partial charge in [-0.15, -0.1) is 0 Å². The van der Waals surface area contributed by atoms with Crippen LogP contribution in [0.1, 0.15) is 5.56 Å². The van der Waals surface area contributed by atoms with Gasteiger partial charge in [0.2, 0.25) is 0 Å². The van der Waals surface area contributed by atoms with Crippen molar-refractivity contribution in [2.24, 2.45) is 0 Å². The highest BCUT2D eigenvalue weighted by atomic mass is 32.2. The van der Waals surface area contributed by atoms with E-state index < -0.39 is 11.0 Å². The van der Waals surface area contributed by atoms with Gasteiger partial charge in [0.15, 0.2) is 0 Å². The Labute approximate surface area is 74.6 Å². The van der Waals surface area contributed by atoms with Crippen LogP contribution in [-0.4, -0.2) is 11.3 Å². The van der Waals surface area contributed by atoms with Crippen molar-refractivity contribution in [1.82, 2.24) is 4.72 Å². The third-order valence-electron chi connectivity index (χ3n) is 1.64. The molecule has 0 spiro atoms. The fraction of sp³-hybridized carbons (Fsp3) is 0.250. The van der Waals surface area contributed by atoms with Gasteiger partial charge < -0.3 is 5.73 Å². The first kappa shape index (κ1) is 9.22. The molecule has 0 aliphatic carbocycles. The summed E-state index contributed by atoms with van der Waals surface area (Å²) >= 11 is 0. The second-order valence-corrected chi connectivity index (χ2v) is 3.91. The Balaban J connectivity index is 3.05. The average molecular weight is 184 g/mol. The molecule has 0 bridgehead atoms. The van der Waals surface area contributed by atoms with Gasteiger partial charge in [-0.3, -0.25) is 0 Å². The normalized spacial score (nSPS) is 12.8. The monoisotopic (exact) mass is 184 g/mol. The van der Waals surface area contributed by atoms with Crippen LogP contribution in [0.25, 0.3) is 0 Å². The Morgan fingerprint density at radius 2 is 2.17 bits per heavy atom. The lowest BCUT2D eigenvalue weighted by atomic mass is 10.2. The molecule has 0 saturated carbocycles. The minimum Gasteiger partial charge on any atom is -0.399 e. The topological polar surface area (TPSA) is 55.1 Å². The zero-order valence-electron chi connectivity index (χ0n) is 7.13. The van der Waals surface area contributed by atoms with Gasteiger partial charge in [-0.25, -0.2) is 8.93 Å². The predicted octanol–water partition coefficient (Wildman–Crippen LogP) is 0.819. The fourth-order valence-corrected chi connectivity index (χ4v) is 1.59. The molecule has 0 radical (unpaired) electrons. The molecule has 12 heavy (non-hydrogen) atoms. The third-order valence-corrected chi connectivity index (χ3v) is 2.69. The maximum Gasteiger partial charge on any atom is 0.124 e. The first-order valence-corrected chi connectivity index (χ1v) is 4.75. The molecule has 3 nitrogen and oxygen atoms in total. The summed E-state index contributed by atoms with van der Waals surface area (Å²) in [5.74, 6) is 0. The largest absolute Gasteiger partial charge is 0.399 e. The standard InChI is InChI=1S/C8H12N2OS/c1-6-5-7(12(11)10-2)3-4-8(6)9/h3-5,10H,9H2,1-2H3. The molecule has 66 valence electrons. The molecule has 0 saturated heterocycles. The number of nitrogens with two attached hydrogens (primary N) is 1. The van der Waals surface area contributed by atoms with E-state index in [0.717, 1.165) is 16.1 Å². The molecule has 1 atom stereocenters. The number of anilines is 1. The smallest absolute Gasteiger partial charge is 0.124 e. The first-order chi connectivity index (χ1) is 5.65. The molecule has 4 heteroatoms. The molecule has 1 unspecified atom stereocenters. The number of nitrogen functional groups attached to an aromatic ring is 1. The fourth-order valence-electron chi connectivity index (χ4n) is 0.881. The highest BCUT2D eigenvalue weighted by molar-refractivity contribution is 7.83. The summed E-state index contributed by atoms with van der Waals surface area (Å²) in [6, 6.07) is 5.34. The minimum absolute atomic E-state index is 0.729. The van der Waals surface area contributed by atoms with Gasteiger partial charge in [0.05, 0.1) is 4.90 Å². The van der Waals surface area contributed by atoms with E-state index in [1.165, 1.54) is 0 Å². The number of hydrogen-bond acceptors (Lipinski definition) is 2. The van der Waals surface area contributed by atoms with Crippen molar-refractivity contribution >= 4 is 16.7 Å². The molecule has 0 aliphatic rings. The lowest BCUT2D eigenvalue weighted by Gasteiger charge is -2.03. The molecule has 0 amide bonds. The lowest BCUT2D eigenvalue weighted by molar-refractivity contribution is 0.678. The molecule has 0 heterocycles. The summed E-state index contributed by atoms with van der Waals surface area (Å²) in [5.41, 5.74) is 7.29. The molecule has 1 aromatic carbocycles. The van der Waals surface area contributed by atoms with Gasteiger partial charge in [0.25, 0.3) is 0 Å². The van der Waals surface area contributed by atoms with E-state index in [2.05, 4.69) is 4.72 Å². The van der Waals surface area contributed by atoms with Gasteiger partial charge in [-0.05, 0) is 37.7 Å². The van der Waals surface area contributed by atoms with Crippen LogP contribution in [0.2, 0.25) is 0 Å². The van der Waals surface area contributed by atoms with Gasteiger partial charge in [-0.2, -0.15) is 0 Å². The number of aryl methyl sites for hydroxylation is 1. The van der Waals surface area contributed by atoms with Crippen molar-refractivity contribution in [3.63, 3.8) is 0 Å². The summed E-state index contributed by atoms with van der Waals surface area (Å²) in [4.78, 5) is 0.754. The summed E-state index contributed by atoms with van der Waals surface area (Å²) in [7, 11) is 0.540. The van der Waals surface area contributed by atoms with Crippen LogP contribution in [0.15, 0.2) is 23.1 Å². The molecule has 0 fully saturated rings. The van der Waals surface area contributed by atoms with Crippen LogP contribution in [0, 0.1) is 6.92 Å². The van der Waals surface area contributed by atoms with Crippen LogP contribution in [0.5, 0.6) is 0 Å². The summed E-state index contributed by atoms with van der Waals surface area (Å²) in [6.07, 6.45) is 0. The summed E-state index contributed by atoms with van der Waals surface area (Å²) < 4.78 is 13.9. The molecule has 0 aromatic heterocycles. The second-order valence-electron chi connectivity index (χ2n) is 2.49. The molecular formula is C8H12N2OS. The zero-order valence-corrected chi connectivity index (χ0v) is 7.94. The van der Waals surface area contributed by atoms with Gasteiger partial charge in [-0.1, -0.05) is 0 Å². The Kier molecular flexibility index (Phi) is 2.83. The molecule has 1 aromatic rings. The maximum atomic E-state index is 11.2. The number of benzene rings is 1. The van der Waals surface area contributed by atoms with E-state index >= 15 is 0 Å². The van der Waals surface area contributed by atoms with E-state index in [-0.39, 0.29) is 0 Å². The van der Waals surface area contributed by atoms with Gasteiger partial charge in [0.1, 0.15) is 11.0 Å². The Morgan fingerprint density at radius 3 is 2.67 bits per heavy atom. The minimum atomic E-state index is -1.11. The number of rotatable bonds is 2. The Bertz CT molecular complexity index is 312. The van der Waals surface area contributed by atoms with E-state index in [4.69, 9.17) is 5.73 Å². The van der Waals surface area contributed by atoms with Crippen LogP contribution in [-0.2, 0) is 11.0 Å². The quantitative estimate of drug-likeness (QED) is 0.668. The Hall–Kier alpha value is -0.870. The maximum absolute atomic E-state index is 11.2. The summed E-state index contributed by atoms with van der Waals surface area (Å²) in [5, 5.41) is 0. The third kappa shape index (κ3) is 1.84. The Morgan fingerprint density at radius 1 is 1.50 bits per heavy atom. The average Bonchev–Trinajstić information content (AvgIpc) is 2.08. The van der Waals surface area contributed by atoms with Crippen molar-refractivity contribution in [3.8, 4) is 0 Å². The SMILES string of the molecule is CNS(=O)c1ccc(N)c(C)c1. The van der Waals surface area contributed by atoms with Crippen molar-refractivity contribution in [3.05, 3.63) is 23.8 Å².